The number of anilines is 1. The number of hydrogen-bond acceptors (Lipinski definition) is 2. The number of fused-ring (bicyclic) bond motifs is 1. The van der Waals surface area contributed by atoms with E-state index in [1.807, 2.05) is 6.07 Å². The fraction of sp³-hybridized carbons (Fsp3) is 0.417. The third-order valence-corrected chi connectivity index (χ3v) is 3.30. The summed E-state index contributed by atoms with van der Waals surface area (Å²) in [4.78, 5) is 11.2. The van der Waals surface area contributed by atoms with Gasteiger partial charge in [-0.25, -0.2) is 9.18 Å². The Morgan fingerprint density at radius 3 is 3.00 bits per heavy atom. The molecule has 0 aromatic heterocycles. The molecule has 0 radical (unpaired) electrons. The summed E-state index contributed by atoms with van der Waals surface area (Å²) >= 11 is 0. The van der Waals surface area contributed by atoms with Gasteiger partial charge in [0.25, 0.3) is 0 Å². The number of carbonyl (C=O) groups is 1. The molecule has 0 bridgehead atoms. The van der Waals surface area contributed by atoms with Gasteiger partial charge in [-0.15, -0.1) is 0 Å². The maximum Gasteiger partial charge on any atom is 0.329 e. The topological polar surface area (TPSA) is 49.3 Å². The molecule has 1 aromatic rings. The Balaban J connectivity index is 2.42. The van der Waals surface area contributed by atoms with Gasteiger partial charge in [-0.3, -0.25) is 0 Å². The molecule has 86 valence electrons. The van der Waals surface area contributed by atoms with Crippen LogP contribution in [0.5, 0.6) is 0 Å². The van der Waals surface area contributed by atoms with Gasteiger partial charge in [-0.05, 0) is 30.9 Å². The van der Waals surface area contributed by atoms with E-state index in [2.05, 4.69) is 5.32 Å². The molecule has 1 unspecified atom stereocenters. The minimum atomic E-state index is -1.02. The Morgan fingerprint density at radius 2 is 2.38 bits per heavy atom. The van der Waals surface area contributed by atoms with Gasteiger partial charge < -0.3 is 10.4 Å². The van der Waals surface area contributed by atoms with Gasteiger partial charge in [-0.1, -0.05) is 19.1 Å². The van der Waals surface area contributed by atoms with E-state index in [4.69, 9.17) is 0 Å². The highest BCUT2D eigenvalue weighted by Crippen LogP contribution is 2.34. The predicted molar refractivity (Wildman–Crippen MR) is 59.0 cm³/mol. The second-order valence-electron chi connectivity index (χ2n) is 4.14. The zero-order valence-electron chi connectivity index (χ0n) is 9.09. The van der Waals surface area contributed by atoms with Crippen molar-refractivity contribution in [1.29, 1.82) is 0 Å². The van der Waals surface area contributed by atoms with Crippen LogP contribution in [0.3, 0.4) is 0 Å². The van der Waals surface area contributed by atoms with E-state index in [1.165, 1.54) is 6.07 Å². The fourth-order valence-electron chi connectivity index (χ4n) is 2.14. The lowest BCUT2D eigenvalue weighted by Crippen LogP contribution is -2.48. The molecule has 0 spiro atoms. The maximum absolute atomic E-state index is 13.6. The van der Waals surface area contributed by atoms with Crippen molar-refractivity contribution in [2.24, 2.45) is 0 Å². The van der Waals surface area contributed by atoms with Gasteiger partial charge in [0.1, 0.15) is 11.4 Å². The standard InChI is InChI=1S/C12H14FNO2/c1-2-12(11(15)16)7-6-8-4-3-5-9(13)10(8)14-12/h3-5,14H,2,6-7H2,1H3,(H,15,16). The van der Waals surface area contributed by atoms with E-state index in [0.717, 1.165) is 5.56 Å². The highest BCUT2D eigenvalue weighted by Gasteiger charge is 2.40. The summed E-state index contributed by atoms with van der Waals surface area (Å²) < 4.78 is 13.6. The number of hydrogen-bond donors (Lipinski definition) is 2. The molecule has 0 saturated heterocycles. The molecule has 1 heterocycles. The van der Waals surface area contributed by atoms with Crippen LogP contribution in [0.1, 0.15) is 25.3 Å². The van der Waals surface area contributed by atoms with Crippen LogP contribution in [-0.2, 0) is 11.2 Å². The molecule has 2 N–H and O–H groups in total. The largest absolute Gasteiger partial charge is 0.480 e. The third-order valence-electron chi connectivity index (χ3n) is 3.30. The van der Waals surface area contributed by atoms with Crippen molar-refractivity contribution in [3.8, 4) is 0 Å². The number of halogens is 1. The van der Waals surface area contributed by atoms with Crippen LogP contribution < -0.4 is 5.32 Å². The first-order valence-electron chi connectivity index (χ1n) is 5.38. The molecule has 3 nitrogen and oxygen atoms in total. The van der Waals surface area contributed by atoms with Crippen molar-refractivity contribution < 1.29 is 14.3 Å². The molecule has 0 amide bonds. The highest BCUT2D eigenvalue weighted by molar-refractivity contribution is 5.84. The fourth-order valence-corrected chi connectivity index (χ4v) is 2.14. The number of aryl methyl sites for hydroxylation is 1. The Hall–Kier alpha value is -1.58. The van der Waals surface area contributed by atoms with E-state index in [-0.39, 0.29) is 5.82 Å². The van der Waals surface area contributed by atoms with Gasteiger partial charge in [-0.2, -0.15) is 0 Å². The van der Waals surface area contributed by atoms with Crippen LogP contribution in [0.25, 0.3) is 0 Å². The summed E-state index contributed by atoms with van der Waals surface area (Å²) in [6.45, 7) is 1.80. The van der Waals surface area contributed by atoms with E-state index >= 15 is 0 Å². The number of benzene rings is 1. The molecule has 1 aromatic carbocycles. The SMILES string of the molecule is CCC1(C(=O)O)CCc2cccc(F)c2N1. The lowest BCUT2D eigenvalue weighted by molar-refractivity contribution is -0.142. The zero-order chi connectivity index (χ0) is 11.8. The molecular formula is C12H14FNO2. The molecule has 4 heteroatoms. The first-order chi connectivity index (χ1) is 7.59. The molecule has 0 saturated carbocycles. The monoisotopic (exact) mass is 223 g/mol. The second-order valence-corrected chi connectivity index (χ2v) is 4.14. The molecule has 16 heavy (non-hydrogen) atoms. The first kappa shape index (κ1) is 10.9. The Labute approximate surface area is 93.3 Å². The number of carboxylic acid groups (broad SMARTS) is 1. The van der Waals surface area contributed by atoms with Crippen molar-refractivity contribution in [3.63, 3.8) is 0 Å². The van der Waals surface area contributed by atoms with E-state index in [1.54, 1.807) is 13.0 Å². The molecule has 0 aliphatic carbocycles. The van der Waals surface area contributed by atoms with Gasteiger partial charge in [0, 0.05) is 0 Å². The van der Waals surface area contributed by atoms with Crippen molar-refractivity contribution in [1.82, 2.24) is 0 Å². The van der Waals surface area contributed by atoms with E-state index in [9.17, 15) is 14.3 Å². The van der Waals surface area contributed by atoms with Crippen LogP contribution in [-0.4, -0.2) is 16.6 Å². The van der Waals surface area contributed by atoms with Crippen LogP contribution in [0.2, 0.25) is 0 Å². The summed E-state index contributed by atoms with van der Waals surface area (Å²) in [5, 5.41) is 12.1. The highest BCUT2D eigenvalue weighted by atomic mass is 19.1. The Morgan fingerprint density at radius 1 is 1.62 bits per heavy atom. The quantitative estimate of drug-likeness (QED) is 0.809. The minimum Gasteiger partial charge on any atom is -0.480 e. The average molecular weight is 223 g/mol. The number of rotatable bonds is 2. The molecule has 1 aliphatic rings. The number of carboxylic acids is 1. The summed E-state index contributed by atoms with van der Waals surface area (Å²) in [6.07, 6.45) is 1.53. The molecule has 2 rings (SSSR count). The summed E-state index contributed by atoms with van der Waals surface area (Å²) in [5.41, 5.74) is 0.179. The van der Waals surface area contributed by atoms with E-state index in [0.29, 0.717) is 24.9 Å². The van der Waals surface area contributed by atoms with Gasteiger partial charge in [0.2, 0.25) is 0 Å². The predicted octanol–water partition coefficient (Wildman–Crippen LogP) is 2.42. The summed E-state index contributed by atoms with van der Waals surface area (Å²) in [6, 6.07) is 4.82. The summed E-state index contributed by atoms with van der Waals surface area (Å²) in [7, 11) is 0. The second kappa shape index (κ2) is 3.77. The molecular weight excluding hydrogens is 209 g/mol. The summed E-state index contributed by atoms with van der Waals surface area (Å²) in [5.74, 6) is -1.29. The minimum absolute atomic E-state index is 0.345. The van der Waals surface area contributed by atoms with Crippen molar-refractivity contribution in [2.75, 3.05) is 5.32 Å². The van der Waals surface area contributed by atoms with Gasteiger partial charge in [0.05, 0.1) is 5.69 Å². The van der Waals surface area contributed by atoms with Crippen molar-refractivity contribution in [2.45, 2.75) is 31.7 Å². The van der Waals surface area contributed by atoms with Gasteiger partial charge >= 0.3 is 5.97 Å². The smallest absolute Gasteiger partial charge is 0.329 e. The molecule has 1 atom stereocenters. The first-order valence-corrected chi connectivity index (χ1v) is 5.38. The average Bonchev–Trinajstić information content (AvgIpc) is 2.29. The van der Waals surface area contributed by atoms with Crippen LogP contribution in [0.4, 0.5) is 10.1 Å². The zero-order valence-corrected chi connectivity index (χ0v) is 9.09. The van der Waals surface area contributed by atoms with Crippen molar-refractivity contribution >= 4 is 11.7 Å². The van der Waals surface area contributed by atoms with E-state index < -0.39 is 11.5 Å². The maximum atomic E-state index is 13.6. The van der Waals surface area contributed by atoms with Gasteiger partial charge in [0.15, 0.2) is 0 Å². The normalized spacial score (nSPS) is 23.4. The Bertz CT molecular complexity index is 433. The number of aliphatic carboxylic acids is 1. The van der Waals surface area contributed by atoms with Crippen LogP contribution in [0.15, 0.2) is 18.2 Å². The molecule has 0 fully saturated rings. The molecule has 1 aliphatic heterocycles. The van der Waals surface area contributed by atoms with Crippen molar-refractivity contribution in [3.05, 3.63) is 29.6 Å². The van der Waals surface area contributed by atoms with Crippen LogP contribution >= 0.6 is 0 Å². The number of nitrogens with one attached hydrogen (secondary N) is 1. The number of para-hydroxylation sites is 1. The lowest BCUT2D eigenvalue weighted by atomic mass is 9.84. The van der Waals surface area contributed by atoms with Crippen LogP contribution in [0, 0.1) is 5.82 Å². The lowest BCUT2D eigenvalue weighted by Gasteiger charge is -2.35. The Kier molecular flexibility index (Phi) is 2.58. The third kappa shape index (κ3) is 1.54.